The molecule has 2 amide bonds. The van der Waals surface area contributed by atoms with Crippen molar-refractivity contribution >= 4 is 6.03 Å². The van der Waals surface area contributed by atoms with Crippen LogP contribution >= 0.6 is 0 Å². The molecule has 2 bridgehead atoms. The van der Waals surface area contributed by atoms with E-state index in [0.29, 0.717) is 12.5 Å². The molecule has 0 saturated carbocycles. The number of amides is 2. The van der Waals surface area contributed by atoms with Gasteiger partial charge in [-0.25, -0.2) is 0 Å². The molecule has 0 N–H and O–H groups in total. The maximum absolute atomic E-state index is 11.4. The summed E-state index contributed by atoms with van der Waals surface area (Å²) in [6.07, 6.45) is 1.88. The third kappa shape index (κ3) is 2.05. The van der Waals surface area contributed by atoms with Crippen molar-refractivity contribution < 1.29 is 34.4 Å². The number of rotatable bonds is 1. The van der Waals surface area contributed by atoms with E-state index in [0.717, 1.165) is 5.57 Å². The smallest absolute Gasteiger partial charge is 0.423 e. The summed E-state index contributed by atoms with van der Waals surface area (Å²) in [6.45, 7) is 4.71. The van der Waals surface area contributed by atoms with Gasteiger partial charge < -0.3 is 10.2 Å². The maximum Gasteiger partial charge on any atom is 1.00 e. The first-order chi connectivity index (χ1) is 6.63. The van der Waals surface area contributed by atoms with Crippen LogP contribution in [0.4, 0.5) is 4.79 Å². The Balaban J connectivity index is 0.00000112. The minimum absolute atomic E-state index is 0. The third-order valence-electron chi connectivity index (χ3n) is 2.75. The summed E-state index contributed by atoms with van der Waals surface area (Å²) in [6, 6.07) is 1.45. The van der Waals surface area contributed by atoms with E-state index in [4.69, 9.17) is 5.26 Å². The summed E-state index contributed by atoms with van der Waals surface area (Å²) < 4.78 is 0. The predicted molar refractivity (Wildman–Crippen MR) is 51.6 cm³/mol. The first kappa shape index (κ1) is 12.6. The molecule has 2 rings (SSSR count). The number of nitriles is 1. The Labute approximate surface area is 112 Å². The Bertz CT molecular complexity index is 345. The van der Waals surface area contributed by atoms with Crippen molar-refractivity contribution in [1.82, 2.24) is 4.90 Å². The van der Waals surface area contributed by atoms with Crippen molar-refractivity contribution in [3.05, 3.63) is 17.0 Å². The van der Waals surface area contributed by atoms with Gasteiger partial charge in [-0.05, 0) is 18.5 Å². The first-order valence-electron chi connectivity index (χ1n) is 4.76. The Kier molecular flexibility index (Phi) is 3.82. The van der Waals surface area contributed by atoms with E-state index in [-0.39, 0.29) is 41.6 Å². The number of hydrogen-bond donors (Lipinski definition) is 0. The summed E-state index contributed by atoms with van der Waals surface area (Å²) in [5.74, 6) is 0.354. The second-order valence-electron chi connectivity index (χ2n) is 3.98. The molecule has 1 saturated heterocycles. The van der Waals surface area contributed by atoms with Crippen molar-refractivity contribution in [3.63, 3.8) is 0 Å². The number of fused-ring (bicyclic) bond motifs is 2. The Hall–Kier alpha value is -0.500. The van der Waals surface area contributed by atoms with Gasteiger partial charge in [0.2, 0.25) is 0 Å². The van der Waals surface area contributed by atoms with Gasteiger partial charge in [0.15, 0.2) is 6.03 Å². The quantitative estimate of drug-likeness (QED) is 0.399. The van der Waals surface area contributed by atoms with Gasteiger partial charge in [-0.3, -0.25) is 4.79 Å². The van der Waals surface area contributed by atoms with Gasteiger partial charge in [0.05, 0.1) is 12.1 Å². The molecule has 2 heterocycles. The first-order valence-corrected chi connectivity index (χ1v) is 4.76. The van der Waals surface area contributed by atoms with E-state index < -0.39 is 6.04 Å². The van der Waals surface area contributed by atoms with Crippen LogP contribution in [0, 0.1) is 17.2 Å². The van der Waals surface area contributed by atoms with Crippen LogP contribution in [0.1, 0.15) is 13.8 Å². The standard InChI is InChI=1S/C10H13N3O.Na/c1-6(2)8-3-7(4-11)13-5-9(8)12-10(13)14;/h3,6-7,9H,5H2,1-2H3,(H,12,14);/q;+1/p-1/t7-,9-;/m0./s1. The van der Waals surface area contributed by atoms with Crippen LogP contribution in [0.5, 0.6) is 0 Å². The Morgan fingerprint density at radius 3 is 2.87 bits per heavy atom. The molecule has 2 aliphatic heterocycles. The van der Waals surface area contributed by atoms with Crippen LogP contribution in [-0.2, 0) is 0 Å². The molecular formula is C10H12N3NaO. The molecule has 0 radical (unpaired) electrons. The van der Waals surface area contributed by atoms with E-state index in [9.17, 15) is 4.79 Å². The third-order valence-corrected chi connectivity index (χ3v) is 2.75. The van der Waals surface area contributed by atoms with E-state index in [1.165, 1.54) is 4.90 Å². The maximum atomic E-state index is 11.4. The zero-order valence-electron chi connectivity index (χ0n) is 9.27. The monoisotopic (exact) mass is 213 g/mol. The molecule has 15 heavy (non-hydrogen) atoms. The van der Waals surface area contributed by atoms with Gasteiger partial charge in [-0.15, -0.1) is 0 Å². The van der Waals surface area contributed by atoms with Crippen molar-refractivity contribution in [2.45, 2.75) is 25.9 Å². The number of hydrogen-bond acceptors (Lipinski definition) is 2. The average molecular weight is 213 g/mol. The molecule has 0 spiro atoms. The fourth-order valence-corrected chi connectivity index (χ4v) is 1.99. The van der Waals surface area contributed by atoms with Crippen molar-refractivity contribution in [2.75, 3.05) is 6.54 Å². The van der Waals surface area contributed by atoms with Gasteiger partial charge in [-0.1, -0.05) is 25.5 Å². The van der Waals surface area contributed by atoms with Gasteiger partial charge in [-0.2, -0.15) is 5.26 Å². The molecule has 74 valence electrons. The molecule has 2 atom stereocenters. The van der Waals surface area contributed by atoms with Crippen LogP contribution in [0.25, 0.3) is 5.32 Å². The second-order valence-corrected chi connectivity index (χ2v) is 3.98. The Morgan fingerprint density at radius 1 is 1.67 bits per heavy atom. The van der Waals surface area contributed by atoms with Crippen LogP contribution in [0.3, 0.4) is 0 Å². The average Bonchev–Trinajstić information content (AvgIpc) is 2.45. The second kappa shape index (κ2) is 4.56. The minimum Gasteiger partial charge on any atom is -0.423 e. The Morgan fingerprint density at radius 2 is 2.33 bits per heavy atom. The van der Waals surface area contributed by atoms with Gasteiger partial charge in [0.25, 0.3) is 0 Å². The molecule has 5 heteroatoms. The normalized spacial score (nSPS) is 28.0. The van der Waals surface area contributed by atoms with Crippen LogP contribution in [0.2, 0.25) is 0 Å². The van der Waals surface area contributed by atoms with Gasteiger partial charge in [0.1, 0.15) is 0 Å². The zero-order valence-corrected chi connectivity index (χ0v) is 11.3. The van der Waals surface area contributed by atoms with Crippen LogP contribution in [0.15, 0.2) is 11.6 Å². The topological polar surface area (TPSA) is 58.2 Å². The molecule has 0 aromatic heterocycles. The van der Waals surface area contributed by atoms with Gasteiger partial charge in [0, 0.05) is 0 Å². The van der Waals surface area contributed by atoms with E-state index in [1.807, 2.05) is 6.08 Å². The molecule has 4 nitrogen and oxygen atoms in total. The van der Waals surface area contributed by atoms with Crippen LogP contribution in [-0.4, -0.2) is 29.6 Å². The molecule has 2 aliphatic rings. The number of nitrogens with zero attached hydrogens (tertiary/aromatic N) is 3. The molecule has 0 aromatic rings. The van der Waals surface area contributed by atoms with Crippen molar-refractivity contribution in [1.29, 1.82) is 5.26 Å². The summed E-state index contributed by atoms with van der Waals surface area (Å²) in [4.78, 5) is 12.9. The number of urea groups is 1. The van der Waals surface area contributed by atoms with Crippen LogP contribution < -0.4 is 29.6 Å². The number of carbonyl (C=O) groups excluding carboxylic acids is 1. The minimum atomic E-state index is -0.414. The molecular weight excluding hydrogens is 201 g/mol. The fourth-order valence-electron chi connectivity index (χ4n) is 1.99. The van der Waals surface area contributed by atoms with E-state index in [2.05, 4.69) is 25.2 Å². The predicted octanol–water partition coefficient (Wildman–Crippen LogP) is -1.34. The zero-order chi connectivity index (χ0) is 10.3. The van der Waals surface area contributed by atoms with E-state index >= 15 is 0 Å². The summed E-state index contributed by atoms with van der Waals surface area (Å²) in [5.41, 5.74) is 1.12. The summed E-state index contributed by atoms with van der Waals surface area (Å²) >= 11 is 0. The summed E-state index contributed by atoms with van der Waals surface area (Å²) in [7, 11) is 0. The molecule has 0 aromatic carbocycles. The molecule has 1 fully saturated rings. The fraction of sp³-hybridized carbons (Fsp3) is 0.600. The largest absolute Gasteiger partial charge is 1.00 e. The van der Waals surface area contributed by atoms with Crippen molar-refractivity contribution in [2.24, 2.45) is 5.92 Å². The van der Waals surface area contributed by atoms with Gasteiger partial charge >= 0.3 is 29.6 Å². The number of carbonyl (C=O) groups is 1. The van der Waals surface area contributed by atoms with Crippen molar-refractivity contribution in [3.8, 4) is 6.07 Å². The summed E-state index contributed by atoms with van der Waals surface area (Å²) in [5, 5.41) is 12.9. The molecule has 0 aliphatic carbocycles. The van der Waals surface area contributed by atoms with E-state index in [1.54, 1.807) is 0 Å². The molecule has 0 unspecified atom stereocenters. The SMILES string of the molecule is CC(C)C1=C[C@@H](C#N)N2C[C@@H]1[N-]C2=O.[Na+].